The fourth-order valence-corrected chi connectivity index (χ4v) is 2.88. The van der Waals surface area contributed by atoms with Gasteiger partial charge in [0.25, 0.3) is 0 Å². The van der Waals surface area contributed by atoms with Gasteiger partial charge in [0.1, 0.15) is 0 Å². The molecule has 1 rings (SSSR count). The van der Waals surface area contributed by atoms with Crippen LogP contribution in [0.15, 0.2) is 0 Å². The molecule has 5 nitrogen and oxygen atoms in total. The van der Waals surface area contributed by atoms with Crippen LogP contribution in [0.25, 0.3) is 0 Å². The Bertz CT molecular complexity index is 342. The number of nitrogens with one attached hydrogen (secondary N) is 1. The van der Waals surface area contributed by atoms with Crippen LogP contribution in [0.2, 0.25) is 0 Å². The molecule has 0 bridgehead atoms. The number of amides is 2. The van der Waals surface area contributed by atoms with Crippen LogP contribution in [0.4, 0.5) is 0 Å². The summed E-state index contributed by atoms with van der Waals surface area (Å²) >= 11 is 0. The van der Waals surface area contributed by atoms with Crippen molar-refractivity contribution in [1.29, 1.82) is 0 Å². The number of halogens is 1. The van der Waals surface area contributed by atoms with E-state index < -0.39 is 0 Å². The summed E-state index contributed by atoms with van der Waals surface area (Å²) in [7, 11) is 1.69. The molecule has 0 saturated heterocycles. The van der Waals surface area contributed by atoms with Gasteiger partial charge in [-0.15, -0.1) is 12.4 Å². The maximum atomic E-state index is 12.3. The smallest absolute Gasteiger partial charge is 0.239 e. The Kier molecular flexibility index (Phi) is 8.90. The largest absolute Gasteiger partial charge is 0.352 e. The quantitative estimate of drug-likeness (QED) is 0.782. The molecule has 124 valence electrons. The van der Waals surface area contributed by atoms with E-state index in [1.54, 1.807) is 7.05 Å². The van der Waals surface area contributed by atoms with Gasteiger partial charge in [0.2, 0.25) is 11.8 Å². The van der Waals surface area contributed by atoms with Crippen LogP contribution in [-0.4, -0.2) is 42.9 Å². The van der Waals surface area contributed by atoms with Crippen molar-refractivity contribution < 1.29 is 9.59 Å². The van der Waals surface area contributed by atoms with Crippen molar-refractivity contribution in [2.24, 2.45) is 11.1 Å². The lowest BCUT2D eigenvalue weighted by atomic mass is 9.71. The van der Waals surface area contributed by atoms with Crippen molar-refractivity contribution >= 4 is 24.2 Å². The SMILES string of the molecule is CC(C)NC(=O)CN(C)C(=O)CC1(CN)CCCCC1.Cl. The molecule has 0 spiro atoms. The van der Waals surface area contributed by atoms with Gasteiger partial charge in [0.15, 0.2) is 0 Å². The van der Waals surface area contributed by atoms with Gasteiger partial charge in [-0.3, -0.25) is 9.59 Å². The fraction of sp³-hybridized carbons (Fsp3) is 0.867. The van der Waals surface area contributed by atoms with Crippen molar-refractivity contribution in [2.75, 3.05) is 20.1 Å². The van der Waals surface area contributed by atoms with E-state index in [9.17, 15) is 9.59 Å². The number of hydrogen-bond donors (Lipinski definition) is 2. The average molecular weight is 320 g/mol. The third-order valence-electron chi connectivity index (χ3n) is 4.13. The Hall–Kier alpha value is -0.810. The summed E-state index contributed by atoms with van der Waals surface area (Å²) < 4.78 is 0. The fourth-order valence-electron chi connectivity index (χ4n) is 2.88. The van der Waals surface area contributed by atoms with Crippen LogP contribution in [-0.2, 0) is 9.59 Å². The van der Waals surface area contributed by atoms with Gasteiger partial charge in [-0.25, -0.2) is 0 Å². The number of likely N-dealkylation sites (N-methyl/N-ethyl adjacent to an activating group) is 1. The Morgan fingerprint density at radius 3 is 2.29 bits per heavy atom. The van der Waals surface area contributed by atoms with Crippen LogP contribution in [0.3, 0.4) is 0 Å². The summed E-state index contributed by atoms with van der Waals surface area (Å²) in [5.41, 5.74) is 5.86. The third kappa shape index (κ3) is 6.66. The molecule has 0 aromatic heterocycles. The van der Waals surface area contributed by atoms with E-state index in [1.807, 2.05) is 13.8 Å². The van der Waals surface area contributed by atoms with E-state index >= 15 is 0 Å². The molecule has 0 unspecified atom stereocenters. The Balaban J connectivity index is 0.00000400. The number of nitrogens with zero attached hydrogens (tertiary/aromatic N) is 1. The molecule has 0 radical (unpaired) electrons. The Labute approximate surface area is 134 Å². The molecule has 6 heteroatoms. The van der Waals surface area contributed by atoms with Crippen LogP contribution < -0.4 is 11.1 Å². The van der Waals surface area contributed by atoms with Crippen LogP contribution in [0.5, 0.6) is 0 Å². The maximum absolute atomic E-state index is 12.3. The van der Waals surface area contributed by atoms with Crippen molar-refractivity contribution in [3.8, 4) is 0 Å². The number of nitrogens with two attached hydrogens (primary N) is 1. The molecule has 1 aliphatic rings. The van der Waals surface area contributed by atoms with Gasteiger partial charge in [0.05, 0.1) is 6.54 Å². The maximum Gasteiger partial charge on any atom is 0.239 e. The number of rotatable bonds is 6. The third-order valence-corrected chi connectivity index (χ3v) is 4.13. The molecule has 0 heterocycles. The number of carbonyl (C=O) groups is 2. The number of carbonyl (C=O) groups excluding carboxylic acids is 2. The zero-order valence-electron chi connectivity index (χ0n) is 13.5. The zero-order chi connectivity index (χ0) is 15.2. The molecule has 0 aromatic rings. The zero-order valence-corrected chi connectivity index (χ0v) is 14.3. The normalized spacial score (nSPS) is 17.0. The molecule has 2 amide bonds. The molecule has 0 aromatic carbocycles. The summed E-state index contributed by atoms with van der Waals surface area (Å²) in [6.45, 7) is 4.50. The minimum atomic E-state index is -0.110. The van der Waals surface area contributed by atoms with Crippen molar-refractivity contribution in [3.05, 3.63) is 0 Å². The highest BCUT2D eigenvalue weighted by Crippen LogP contribution is 2.38. The molecule has 1 aliphatic carbocycles. The van der Waals surface area contributed by atoms with Crippen molar-refractivity contribution in [1.82, 2.24) is 10.2 Å². The summed E-state index contributed by atoms with van der Waals surface area (Å²) in [4.78, 5) is 25.5. The Morgan fingerprint density at radius 1 is 1.24 bits per heavy atom. The van der Waals surface area contributed by atoms with E-state index in [-0.39, 0.29) is 42.2 Å². The van der Waals surface area contributed by atoms with Gasteiger partial charge in [-0.05, 0) is 38.6 Å². The highest BCUT2D eigenvalue weighted by atomic mass is 35.5. The Morgan fingerprint density at radius 2 is 1.81 bits per heavy atom. The van der Waals surface area contributed by atoms with Crippen LogP contribution in [0, 0.1) is 5.41 Å². The second-order valence-corrected chi connectivity index (χ2v) is 6.41. The molecule has 0 atom stereocenters. The topological polar surface area (TPSA) is 75.4 Å². The first-order valence-corrected chi connectivity index (χ1v) is 7.62. The van der Waals surface area contributed by atoms with Crippen LogP contribution in [0.1, 0.15) is 52.4 Å². The van der Waals surface area contributed by atoms with Gasteiger partial charge in [0, 0.05) is 19.5 Å². The highest BCUT2D eigenvalue weighted by Gasteiger charge is 2.34. The number of hydrogen-bond acceptors (Lipinski definition) is 3. The van der Waals surface area contributed by atoms with E-state index in [1.165, 1.54) is 11.3 Å². The molecule has 1 saturated carbocycles. The first-order chi connectivity index (χ1) is 9.38. The van der Waals surface area contributed by atoms with Crippen molar-refractivity contribution in [3.63, 3.8) is 0 Å². The minimum Gasteiger partial charge on any atom is -0.352 e. The molecular formula is C15H30ClN3O2. The second-order valence-electron chi connectivity index (χ2n) is 6.41. The molecular weight excluding hydrogens is 290 g/mol. The van der Waals surface area contributed by atoms with Crippen molar-refractivity contribution in [2.45, 2.75) is 58.4 Å². The lowest BCUT2D eigenvalue weighted by molar-refractivity contribution is -0.137. The van der Waals surface area contributed by atoms with Gasteiger partial charge in [-0.1, -0.05) is 19.3 Å². The average Bonchev–Trinajstić information content (AvgIpc) is 2.38. The van der Waals surface area contributed by atoms with Gasteiger partial charge >= 0.3 is 0 Å². The predicted octanol–water partition coefficient (Wildman–Crippen LogP) is 1.69. The lowest BCUT2D eigenvalue weighted by Gasteiger charge is -2.36. The standard InChI is InChI=1S/C15H29N3O2.ClH/c1-12(2)17-13(19)10-18(3)14(20)9-15(11-16)7-5-4-6-8-15;/h12H,4-11,16H2,1-3H3,(H,17,19);1H. The van der Waals surface area contributed by atoms with E-state index in [4.69, 9.17) is 5.73 Å². The monoisotopic (exact) mass is 319 g/mol. The summed E-state index contributed by atoms with van der Waals surface area (Å²) in [6.07, 6.45) is 6.07. The summed E-state index contributed by atoms with van der Waals surface area (Å²) in [5, 5.41) is 2.80. The second kappa shape index (κ2) is 9.26. The first-order valence-electron chi connectivity index (χ1n) is 7.62. The molecule has 21 heavy (non-hydrogen) atoms. The first kappa shape index (κ1) is 20.2. The minimum absolute atomic E-state index is 0. The van der Waals surface area contributed by atoms with E-state index in [2.05, 4.69) is 5.32 Å². The molecule has 0 aliphatic heterocycles. The summed E-state index contributed by atoms with van der Waals surface area (Å²) in [5.74, 6) is -0.0856. The van der Waals surface area contributed by atoms with Gasteiger partial charge in [-0.2, -0.15) is 0 Å². The molecule has 3 N–H and O–H groups in total. The summed E-state index contributed by atoms with van der Waals surface area (Å²) in [6, 6.07) is 0.0970. The van der Waals surface area contributed by atoms with Crippen LogP contribution >= 0.6 is 12.4 Å². The lowest BCUT2D eigenvalue weighted by Crippen LogP contribution is -2.44. The van der Waals surface area contributed by atoms with E-state index in [0.29, 0.717) is 13.0 Å². The van der Waals surface area contributed by atoms with Gasteiger partial charge < -0.3 is 16.0 Å². The predicted molar refractivity (Wildman–Crippen MR) is 87.4 cm³/mol. The molecule has 1 fully saturated rings. The van der Waals surface area contributed by atoms with E-state index in [0.717, 1.165) is 25.7 Å². The highest BCUT2D eigenvalue weighted by molar-refractivity contribution is 5.85.